The van der Waals surface area contributed by atoms with E-state index < -0.39 is 10.0 Å². The van der Waals surface area contributed by atoms with Crippen LogP contribution in [0.5, 0.6) is 0 Å². The zero-order valence-corrected chi connectivity index (χ0v) is 16.6. The summed E-state index contributed by atoms with van der Waals surface area (Å²) in [5, 5.41) is 2.85. The van der Waals surface area contributed by atoms with E-state index >= 15 is 0 Å². The molecule has 1 aromatic carbocycles. The molecule has 0 bridgehead atoms. The van der Waals surface area contributed by atoms with Gasteiger partial charge in [0.15, 0.2) is 0 Å². The maximum Gasteiger partial charge on any atom is 0.251 e. The third-order valence-corrected chi connectivity index (χ3v) is 5.95. The number of carbonyl (C=O) groups is 1. The highest BCUT2D eigenvalue weighted by atomic mass is 32.2. The van der Waals surface area contributed by atoms with Crippen LogP contribution in [-0.2, 0) is 10.0 Å². The van der Waals surface area contributed by atoms with Gasteiger partial charge in [0.05, 0.1) is 11.4 Å². The molecule has 1 fully saturated rings. The van der Waals surface area contributed by atoms with E-state index in [1.807, 2.05) is 0 Å². The molecule has 27 heavy (non-hydrogen) atoms. The van der Waals surface area contributed by atoms with Crippen LogP contribution in [0.15, 0.2) is 29.2 Å². The SMILES string of the molecule is C#CCNS(=O)(=O)c1cccc(C(=O)NCCCCN2CCN(C)CC2)c1. The summed E-state index contributed by atoms with van der Waals surface area (Å²) in [7, 11) is -1.57. The minimum Gasteiger partial charge on any atom is -0.352 e. The van der Waals surface area contributed by atoms with Crippen molar-refractivity contribution in [2.24, 2.45) is 0 Å². The van der Waals surface area contributed by atoms with Crippen LogP contribution in [0.2, 0.25) is 0 Å². The molecule has 0 saturated carbocycles. The molecular weight excluding hydrogens is 364 g/mol. The van der Waals surface area contributed by atoms with Gasteiger partial charge in [-0.3, -0.25) is 4.79 Å². The monoisotopic (exact) mass is 392 g/mol. The van der Waals surface area contributed by atoms with Crippen LogP contribution >= 0.6 is 0 Å². The summed E-state index contributed by atoms with van der Waals surface area (Å²) in [5.41, 5.74) is 0.317. The van der Waals surface area contributed by atoms with Crippen molar-refractivity contribution in [2.45, 2.75) is 17.7 Å². The Morgan fingerprint density at radius 3 is 2.67 bits per heavy atom. The number of carbonyl (C=O) groups excluding carboxylic acids is 1. The molecule has 0 atom stereocenters. The minimum atomic E-state index is -3.71. The molecule has 0 radical (unpaired) electrons. The van der Waals surface area contributed by atoms with Crippen molar-refractivity contribution in [2.75, 3.05) is 52.9 Å². The Hall–Kier alpha value is -1.92. The number of amides is 1. The number of unbranched alkanes of at least 4 members (excludes halogenated alkanes) is 1. The molecule has 1 amide bonds. The lowest BCUT2D eigenvalue weighted by Gasteiger charge is -2.32. The first kappa shape index (κ1) is 21.4. The van der Waals surface area contributed by atoms with Crippen LogP contribution in [0.3, 0.4) is 0 Å². The van der Waals surface area contributed by atoms with Crippen LogP contribution in [0.4, 0.5) is 0 Å². The number of benzene rings is 1. The molecule has 1 aromatic rings. The molecule has 0 aromatic heterocycles. The van der Waals surface area contributed by atoms with Gasteiger partial charge in [-0.25, -0.2) is 8.42 Å². The third-order valence-electron chi connectivity index (χ3n) is 4.55. The number of terminal acetylenes is 1. The normalized spacial score (nSPS) is 16.0. The van der Waals surface area contributed by atoms with E-state index in [-0.39, 0.29) is 17.3 Å². The average molecular weight is 393 g/mol. The summed E-state index contributed by atoms with van der Waals surface area (Å²) < 4.78 is 26.5. The van der Waals surface area contributed by atoms with E-state index in [2.05, 4.69) is 32.8 Å². The lowest BCUT2D eigenvalue weighted by molar-refractivity contribution is 0.0951. The largest absolute Gasteiger partial charge is 0.352 e. The van der Waals surface area contributed by atoms with Crippen molar-refractivity contribution in [3.63, 3.8) is 0 Å². The highest BCUT2D eigenvalue weighted by Crippen LogP contribution is 2.11. The van der Waals surface area contributed by atoms with Gasteiger partial charge in [-0.2, -0.15) is 4.72 Å². The van der Waals surface area contributed by atoms with Crippen molar-refractivity contribution in [1.82, 2.24) is 19.8 Å². The van der Waals surface area contributed by atoms with Gasteiger partial charge in [-0.15, -0.1) is 6.42 Å². The standard InChI is InChI=1S/C19H28N4O3S/c1-3-9-21-27(25,26)18-8-6-7-17(16-18)19(24)20-10-4-5-11-23-14-12-22(2)13-15-23/h1,6-8,16,21H,4-5,9-15H2,2H3,(H,20,24). The highest BCUT2D eigenvalue weighted by Gasteiger charge is 2.16. The molecule has 7 nitrogen and oxygen atoms in total. The Balaban J connectivity index is 1.76. The molecule has 1 heterocycles. The first-order chi connectivity index (χ1) is 12.9. The average Bonchev–Trinajstić information content (AvgIpc) is 2.67. The minimum absolute atomic E-state index is 0.0282. The van der Waals surface area contributed by atoms with Crippen LogP contribution in [-0.4, -0.2) is 77.0 Å². The van der Waals surface area contributed by atoms with Crippen molar-refractivity contribution < 1.29 is 13.2 Å². The van der Waals surface area contributed by atoms with Crippen LogP contribution < -0.4 is 10.0 Å². The molecule has 2 rings (SSSR count). The Bertz CT molecular complexity index is 765. The van der Waals surface area contributed by atoms with Gasteiger partial charge in [-0.05, 0) is 44.6 Å². The Morgan fingerprint density at radius 2 is 1.96 bits per heavy atom. The van der Waals surface area contributed by atoms with E-state index in [4.69, 9.17) is 6.42 Å². The van der Waals surface area contributed by atoms with Gasteiger partial charge < -0.3 is 15.1 Å². The number of nitrogens with one attached hydrogen (secondary N) is 2. The molecule has 2 N–H and O–H groups in total. The second-order valence-electron chi connectivity index (χ2n) is 6.66. The molecule has 1 aliphatic rings. The summed E-state index contributed by atoms with van der Waals surface area (Å²) in [6.07, 6.45) is 6.99. The topological polar surface area (TPSA) is 81.7 Å². The third kappa shape index (κ3) is 6.96. The summed E-state index contributed by atoms with van der Waals surface area (Å²) in [6.45, 7) is 5.91. The van der Waals surface area contributed by atoms with Gasteiger partial charge >= 0.3 is 0 Å². The molecule has 148 valence electrons. The second kappa shape index (κ2) is 10.4. The fourth-order valence-electron chi connectivity index (χ4n) is 2.86. The van der Waals surface area contributed by atoms with Gasteiger partial charge in [0, 0.05) is 38.3 Å². The number of sulfonamides is 1. The van der Waals surface area contributed by atoms with Gasteiger partial charge in [0.1, 0.15) is 0 Å². The molecule has 0 unspecified atom stereocenters. The van der Waals surface area contributed by atoms with Gasteiger partial charge in [-0.1, -0.05) is 12.0 Å². The number of hydrogen-bond donors (Lipinski definition) is 2. The summed E-state index contributed by atoms with van der Waals surface area (Å²) in [4.78, 5) is 17.1. The lowest BCUT2D eigenvalue weighted by Crippen LogP contribution is -2.44. The van der Waals surface area contributed by atoms with Crippen LogP contribution in [0, 0.1) is 12.3 Å². The first-order valence-electron chi connectivity index (χ1n) is 9.14. The molecule has 0 aliphatic carbocycles. The second-order valence-corrected chi connectivity index (χ2v) is 8.43. The molecule has 8 heteroatoms. The number of hydrogen-bond acceptors (Lipinski definition) is 5. The van der Waals surface area contributed by atoms with E-state index in [1.165, 1.54) is 12.1 Å². The van der Waals surface area contributed by atoms with E-state index in [1.54, 1.807) is 12.1 Å². The summed E-state index contributed by atoms with van der Waals surface area (Å²) >= 11 is 0. The molecule has 0 spiro atoms. The predicted molar refractivity (Wildman–Crippen MR) is 106 cm³/mol. The van der Waals surface area contributed by atoms with Gasteiger partial charge in [0.2, 0.25) is 10.0 Å². The maximum atomic E-state index is 12.3. The smallest absolute Gasteiger partial charge is 0.251 e. The van der Waals surface area contributed by atoms with E-state index in [0.717, 1.165) is 45.6 Å². The fraction of sp³-hybridized carbons (Fsp3) is 0.526. The number of piperazine rings is 1. The van der Waals surface area contributed by atoms with Crippen LogP contribution in [0.25, 0.3) is 0 Å². The van der Waals surface area contributed by atoms with Gasteiger partial charge in [0.25, 0.3) is 5.91 Å². The van der Waals surface area contributed by atoms with Crippen molar-refractivity contribution >= 4 is 15.9 Å². The highest BCUT2D eigenvalue weighted by molar-refractivity contribution is 7.89. The summed E-state index contributed by atoms with van der Waals surface area (Å²) in [6, 6.07) is 5.94. The van der Waals surface area contributed by atoms with Crippen molar-refractivity contribution in [3.05, 3.63) is 29.8 Å². The lowest BCUT2D eigenvalue weighted by atomic mass is 10.2. The predicted octanol–water partition coefficient (Wildman–Crippen LogP) is 0.356. The van der Waals surface area contributed by atoms with Crippen molar-refractivity contribution in [3.8, 4) is 12.3 Å². The number of nitrogens with zero attached hydrogens (tertiary/aromatic N) is 2. The van der Waals surface area contributed by atoms with E-state index in [9.17, 15) is 13.2 Å². The van der Waals surface area contributed by atoms with E-state index in [0.29, 0.717) is 12.1 Å². The molecule has 1 saturated heterocycles. The summed E-state index contributed by atoms with van der Waals surface area (Å²) in [5.74, 6) is 1.95. The fourth-order valence-corrected chi connectivity index (χ4v) is 3.84. The zero-order valence-electron chi connectivity index (χ0n) is 15.8. The quantitative estimate of drug-likeness (QED) is 0.468. The zero-order chi connectivity index (χ0) is 19.7. The Labute approximate surface area is 162 Å². The molecular formula is C19H28N4O3S. The molecule has 1 aliphatic heterocycles. The number of likely N-dealkylation sites (N-methyl/N-ethyl adjacent to an activating group) is 1. The Kier molecular flexibility index (Phi) is 8.25. The van der Waals surface area contributed by atoms with Crippen LogP contribution in [0.1, 0.15) is 23.2 Å². The number of rotatable bonds is 9. The Morgan fingerprint density at radius 1 is 1.22 bits per heavy atom. The first-order valence-corrected chi connectivity index (χ1v) is 10.6. The maximum absolute atomic E-state index is 12.3. The van der Waals surface area contributed by atoms with Crippen molar-refractivity contribution in [1.29, 1.82) is 0 Å².